The van der Waals surface area contributed by atoms with Gasteiger partial charge in [0.25, 0.3) is 5.91 Å². The Hall–Kier alpha value is -2.13. The molecule has 0 saturated heterocycles. The standard InChI is InChI=1S/C17H18N2O/c1-13-6-8-14(9-7-13)17(20)19-11-10-18-12-15-4-2-3-5-16(15)19/h2-9,18H,10-12H2,1H3. The van der Waals surface area contributed by atoms with Gasteiger partial charge in [-0.1, -0.05) is 35.9 Å². The number of aryl methyl sites for hydroxylation is 1. The van der Waals surface area contributed by atoms with Crippen LogP contribution >= 0.6 is 0 Å². The molecule has 1 aliphatic rings. The highest BCUT2D eigenvalue weighted by Crippen LogP contribution is 2.23. The van der Waals surface area contributed by atoms with E-state index in [9.17, 15) is 4.79 Å². The van der Waals surface area contributed by atoms with Crippen molar-refractivity contribution in [2.75, 3.05) is 18.0 Å². The molecule has 3 rings (SSSR count). The van der Waals surface area contributed by atoms with E-state index in [1.807, 2.05) is 54.3 Å². The summed E-state index contributed by atoms with van der Waals surface area (Å²) in [6, 6.07) is 15.9. The topological polar surface area (TPSA) is 32.3 Å². The third kappa shape index (κ3) is 2.45. The lowest BCUT2D eigenvalue weighted by Crippen LogP contribution is -2.34. The monoisotopic (exact) mass is 266 g/mol. The van der Waals surface area contributed by atoms with Crippen LogP contribution in [0.5, 0.6) is 0 Å². The Kier molecular flexibility index (Phi) is 3.52. The summed E-state index contributed by atoms with van der Waals surface area (Å²) in [6.45, 7) is 4.35. The minimum Gasteiger partial charge on any atom is -0.311 e. The van der Waals surface area contributed by atoms with Crippen LogP contribution in [0.2, 0.25) is 0 Å². The first-order valence-electron chi connectivity index (χ1n) is 6.93. The predicted molar refractivity (Wildman–Crippen MR) is 81.0 cm³/mol. The van der Waals surface area contributed by atoms with Crippen LogP contribution in [0, 0.1) is 6.92 Å². The molecule has 0 spiro atoms. The highest BCUT2D eigenvalue weighted by molar-refractivity contribution is 6.06. The normalized spacial score (nSPS) is 14.6. The Morgan fingerprint density at radius 2 is 1.85 bits per heavy atom. The van der Waals surface area contributed by atoms with Crippen molar-refractivity contribution in [3.05, 3.63) is 65.2 Å². The fourth-order valence-electron chi connectivity index (χ4n) is 2.52. The van der Waals surface area contributed by atoms with Crippen molar-refractivity contribution in [2.45, 2.75) is 13.5 Å². The van der Waals surface area contributed by atoms with Crippen LogP contribution in [0.15, 0.2) is 48.5 Å². The Balaban J connectivity index is 1.97. The summed E-state index contributed by atoms with van der Waals surface area (Å²) >= 11 is 0. The molecule has 0 radical (unpaired) electrons. The fourth-order valence-corrected chi connectivity index (χ4v) is 2.52. The maximum atomic E-state index is 12.7. The second kappa shape index (κ2) is 5.47. The average Bonchev–Trinajstić information content (AvgIpc) is 2.69. The molecular formula is C17H18N2O. The highest BCUT2D eigenvalue weighted by atomic mass is 16.2. The number of nitrogens with zero attached hydrogens (tertiary/aromatic N) is 1. The molecule has 0 fully saturated rings. The van der Waals surface area contributed by atoms with Crippen molar-refractivity contribution in [3.8, 4) is 0 Å². The van der Waals surface area contributed by atoms with Crippen LogP contribution in [-0.4, -0.2) is 19.0 Å². The van der Waals surface area contributed by atoms with Crippen molar-refractivity contribution in [3.63, 3.8) is 0 Å². The average molecular weight is 266 g/mol. The van der Waals surface area contributed by atoms with Gasteiger partial charge in [0.1, 0.15) is 0 Å². The molecule has 0 saturated carbocycles. The number of fused-ring (bicyclic) bond motifs is 1. The second-order valence-corrected chi connectivity index (χ2v) is 5.13. The molecule has 0 aliphatic carbocycles. The van der Waals surface area contributed by atoms with Gasteiger partial charge in [-0.2, -0.15) is 0 Å². The van der Waals surface area contributed by atoms with Gasteiger partial charge in [0, 0.05) is 30.9 Å². The molecule has 3 heteroatoms. The molecule has 0 bridgehead atoms. The summed E-state index contributed by atoms with van der Waals surface area (Å²) in [6.07, 6.45) is 0. The molecule has 2 aromatic carbocycles. The number of benzene rings is 2. The number of para-hydroxylation sites is 1. The number of rotatable bonds is 1. The van der Waals surface area contributed by atoms with E-state index in [-0.39, 0.29) is 5.91 Å². The van der Waals surface area contributed by atoms with Gasteiger partial charge >= 0.3 is 0 Å². The molecule has 0 unspecified atom stereocenters. The molecule has 0 atom stereocenters. The molecule has 3 nitrogen and oxygen atoms in total. The van der Waals surface area contributed by atoms with Gasteiger partial charge in [-0.05, 0) is 30.7 Å². The maximum Gasteiger partial charge on any atom is 0.258 e. The summed E-state index contributed by atoms with van der Waals surface area (Å²) in [5.74, 6) is 0.0705. The summed E-state index contributed by atoms with van der Waals surface area (Å²) in [5.41, 5.74) is 4.10. The second-order valence-electron chi connectivity index (χ2n) is 5.13. The molecule has 1 aliphatic heterocycles. The third-order valence-electron chi connectivity index (χ3n) is 3.65. The number of carbonyl (C=O) groups is 1. The Morgan fingerprint density at radius 1 is 1.10 bits per heavy atom. The number of anilines is 1. The van der Waals surface area contributed by atoms with E-state index < -0.39 is 0 Å². The van der Waals surface area contributed by atoms with Crippen molar-refractivity contribution < 1.29 is 4.79 Å². The van der Waals surface area contributed by atoms with Gasteiger partial charge in [-0.3, -0.25) is 4.79 Å². The number of carbonyl (C=O) groups excluding carboxylic acids is 1. The number of hydrogen-bond acceptors (Lipinski definition) is 2. The van der Waals surface area contributed by atoms with Gasteiger partial charge in [0.2, 0.25) is 0 Å². The van der Waals surface area contributed by atoms with Gasteiger partial charge in [-0.25, -0.2) is 0 Å². The molecular weight excluding hydrogens is 248 g/mol. The smallest absolute Gasteiger partial charge is 0.258 e. The number of amides is 1. The first-order chi connectivity index (χ1) is 9.75. The lowest BCUT2D eigenvalue weighted by Gasteiger charge is -2.22. The zero-order chi connectivity index (χ0) is 13.9. The lowest BCUT2D eigenvalue weighted by molar-refractivity contribution is 0.0987. The van der Waals surface area contributed by atoms with Crippen LogP contribution in [-0.2, 0) is 6.54 Å². The molecule has 1 N–H and O–H groups in total. The Bertz CT molecular complexity index is 619. The summed E-state index contributed by atoms with van der Waals surface area (Å²) in [7, 11) is 0. The zero-order valence-electron chi connectivity index (χ0n) is 11.6. The lowest BCUT2D eigenvalue weighted by atomic mass is 10.1. The van der Waals surface area contributed by atoms with E-state index in [0.717, 1.165) is 24.3 Å². The first kappa shape index (κ1) is 12.9. The zero-order valence-corrected chi connectivity index (χ0v) is 11.6. The first-order valence-corrected chi connectivity index (χ1v) is 6.93. The molecule has 0 aromatic heterocycles. The van der Waals surface area contributed by atoms with E-state index in [1.165, 1.54) is 11.1 Å². The minimum absolute atomic E-state index is 0.0705. The van der Waals surface area contributed by atoms with Crippen LogP contribution < -0.4 is 10.2 Å². The summed E-state index contributed by atoms with van der Waals surface area (Å²) in [5, 5.41) is 3.35. The van der Waals surface area contributed by atoms with E-state index in [2.05, 4.69) is 11.4 Å². The SMILES string of the molecule is Cc1ccc(C(=O)N2CCNCc3ccccc32)cc1. The van der Waals surface area contributed by atoms with Crippen molar-refractivity contribution in [1.82, 2.24) is 5.32 Å². The number of nitrogens with one attached hydrogen (secondary N) is 1. The largest absolute Gasteiger partial charge is 0.311 e. The molecule has 1 heterocycles. The maximum absolute atomic E-state index is 12.7. The predicted octanol–water partition coefficient (Wildman–Crippen LogP) is 2.75. The van der Waals surface area contributed by atoms with Gasteiger partial charge in [0.05, 0.1) is 0 Å². The quantitative estimate of drug-likeness (QED) is 0.860. The van der Waals surface area contributed by atoms with Gasteiger partial charge < -0.3 is 10.2 Å². The summed E-state index contributed by atoms with van der Waals surface area (Å²) in [4.78, 5) is 14.6. The van der Waals surface area contributed by atoms with Crippen molar-refractivity contribution in [1.29, 1.82) is 0 Å². The van der Waals surface area contributed by atoms with Crippen molar-refractivity contribution in [2.24, 2.45) is 0 Å². The van der Waals surface area contributed by atoms with Crippen molar-refractivity contribution >= 4 is 11.6 Å². The Labute approximate surface area is 119 Å². The molecule has 2 aromatic rings. The van der Waals surface area contributed by atoms with Crippen LogP contribution in [0.3, 0.4) is 0 Å². The van der Waals surface area contributed by atoms with E-state index >= 15 is 0 Å². The summed E-state index contributed by atoms with van der Waals surface area (Å²) < 4.78 is 0. The van der Waals surface area contributed by atoms with Gasteiger partial charge in [-0.15, -0.1) is 0 Å². The van der Waals surface area contributed by atoms with Crippen LogP contribution in [0.1, 0.15) is 21.5 Å². The molecule has 102 valence electrons. The van der Waals surface area contributed by atoms with E-state index in [1.54, 1.807) is 0 Å². The van der Waals surface area contributed by atoms with Crippen LogP contribution in [0.4, 0.5) is 5.69 Å². The third-order valence-corrected chi connectivity index (χ3v) is 3.65. The molecule has 1 amide bonds. The fraction of sp³-hybridized carbons (Fsp3) is 0.235. The van der Waals surface area contributed by atoms with Crippen LogP contribution in [0.25, 0.3) is 0 Å². The van der Waals surface area contributed by atoms with E-state index in [4.69, 9.17) is 0 Å². The molecule has 20 heavy (non-hydrogen) atoms. The number of hydrogen-bond donors (Lipinski definition) is 1. The van der Waals surface area contributed by atoms with Gasteiger partial charge in [0.15, 0.2) is 0 Å². The Morgan fingerprint density at radius 3 is 2.65 bits per heavy atom. The minimum atomic E-state index is 0.0705. The van der Waals surface area contributed by atoms with E-state index in [0.29, 0.717) is 6.54 Å². The highest BCUT2D eigenvalue weighted by Gasteiger charge is 2.21.